The fraction of sp³-hybridized carbons (Fsp3) is 0.471. The molecule has 2 rings (SSSR count). The van der Waals surface area contributed by atoms with Crippen molar-refractivity contribution in [3.63, 3.8) is 0 Å². The highest BCUT2D eigenvalue weighted by Gasteiger charge is 2.36. The zero-order chi connectivity index (χ0) is 17.9. The minimum absolute atomic E-state index is 0.114. The van der Waals surface area contributed by atoms with E-state index in [9.17, 15) is 14.4 Å². The van der Waals surface area contributed by atoms with Crippen LogP contribution in [0.1, 0.15) is 54.8 Å². The Morgan fingerprint density at radius 3 is 2.21 bits per heavy atom. The smallest absolute Gasteiger partial charge is 0.407 e. The van der Waals surface area contributed by atoms with E-state index in [0.717, 1.165) is 5.06 Å². The van der Waals surface area contributed by atoms with Crippen molar-refractivity contribution in [2.45, 2.75) is 45.8 Å². The van der Waals surface area contributed by atoms with Crippen molar-refractivity contribution in [3.8, 4) is 0 Å². The topological polar surface area (TPSA) is 84.9 Å². The van der Waals surface area contributed by atoms with Crippen LogP contribution in [0.4, 0.5) is 4.79 Å². The highest BCUT2D eigenvalue weighted by Crippen LogP contribution is 2.22. The van der Waals surface area contributed by atoms with Gasteiger partial charge in [0, 0.05) is 6.04 Å². The van der Waals surface area contributed by atoms with E-state index < -0.39 is 23.5 Å². The number of amides is 3. The summed E-state index contributed by atoms with van der Waals surface area (Å²) in [5, 5.41) is 3.44. The Balaban J connectivity index is 1.80. The second kappa shape index (κ2) is 7.00. The Morgan fingerprint density at radius 1 is 1.17 bits per heavy atom. The number of carbonyl (C=O) groups excluding carboxylic acids is 3. The molecule has 24 heavy (non-hydrogen) atoms. The highest BCUT2D eigenvalue weighted by atomic mass is 16.7. The Kier molecular flexibility index (Phi) is 5.23. The molecule has 1 atom stereocenters. The molecule has 0 fully saturated rings. The summed E-state index contributed by atoms with van der Waals surface area (Å²) in [6.45, 7) is 7.24. The molecule has 0 aromatic heterocycles. The molecule has 0 saturated carbocycles. The number of rotatable bonds is 5. The van der Waals surface area contributed by atoms with E-state index in [4.69, 9.17) is 9.57 Å². The summed E-state index contributed by atoms with van der Waals surface area (Å²) in [5.41, 5.74) is 0.102. The van der Waals surface area contributed by atoms with Gasteiger partial charge in [0.15, 0.2) is 0 Å². The monoisotopic (exact) mass is 334 g/mol. The number of benzene rings is 1. The van der Waals surface area contributed by atoms with Gasteiger partial charge >= 0.3 is 6.09 Å². The van der Waals surface area contributed by atoms with E-state index in [0.29, 0.717) is 17.5 Å². The summed E-state index contributed by atoms with van der Waals surface area (Å²) in [6.07, 6.45) is -0.0946. The zero-order valence-corrected chi connectivity index (χ0v) is 14.3. The molecule has 0 radical (unpaired) electrons. The lowest BCUT2D eigenvalue weighted by atomic mass is 10.1. The molecule has 0 aliphatic carbocycles. The van der Waals surface area contributed by atoms with Gasteiger partial charge < -0.3 is 10.1 Å². The number of nitrogens with one attached hydrogen (secondary N) is 1. The summed E-state index contributed by atoms with van der Waals surface area (Å²) in [6, 6.07) is 6.34. The number of carbonyl (C=O) groups is 3. The molecule has 1 aromatic rings. The van der Waals surface area contributed by atoms with E-state index in [1.165, 1.54) is 0 Å². The average molecular weight is 334 g/mol. The van der Waals surface area contributed by atoms with Gasteiger partial charge in [-0.3, -0.25) is 14.4 Å². The van der Waals surface area contributed by atoms with Crippen molar-refractivity contribution in [1.82, 2.24) is 10.4 Å². The van der Waals surface area contributed by atoms with Gasteiger partial charge in [0.1, 0.15) is 5.60 Å². The number of hydroxylamine groups is 2. The third kappa shape index (κ3) is 4.32. The maximum Gasteiger partial charge on any atom is 0.407 e. The van der Waals surface area contributed by atoms with Crippen molar-refractivity contribution in [1.29, 1.82) is 0 Å². The van der Waals surface area contributed by atoms with Crippen molar-refractivity contribution in [2.24, 2.45) is 0 Å². The molecule has 1 aliphatic heterocycles. The molecular weight excluding hydrogens is 312 g/mol. The second-order valence-electron chi connectivity index (χ2n) is 6.62. The third-order valence-electron chi connectivity index (χ3n) is 3.29. The summed E-state index contributed by atoms with van der Waals surface area (Å²) in [7, 11) is 0. The van der Waals surface area contributed by atoms with E-state index in [1.54, 1.807) is 52.0 Å². The lowest BCUT2D eigenvalue weighted by Crippen LogP contribution is -2.39. The summed E-state index contributed by atoms with van der Waals surface area (Å²) < 4.78 is 5.16. The predicted octanol–water partition coefficient (Wildman–Crippen LogP) is 2.52. The Hall–Kier alpha value is -2.41. The maximum absolute atomic E-state index is 12.1. The lowest BCUT2D eigenvalue weighted by molar-refractivity contribution is -0.0933. The van der Waals surface area contributed by atoms with Gasteiger partial charge in [-0.1, -0.05) is 12.1 Å². The SMILES string of the molecule is C[C@H](CCON1C(=O)c2ccccc2C1=O)NC(=O)OC(C)(C)C. The van der Waals surface area contributed by atoms with Gasteiger partial charge in [0.2, 0.25) is 0 Å². The highest BCUT2D eigenvalue weighted by molar-refractivity contribution is 6.20. The molecule has 1 aromatic carbocycles. The van der Waals surface area contributed by atoms with Crippen LogP contribution in [0.2, 0.25) is 0 Å². The lowest BCUT2D eigenvalue weighted by Gasteiger charge is -2.22. The van der Waals surface area contributed by atoms with Crippen molar-refractivity contribution in [2.75, 3.05) is 6.61 Å². The molecule has 3 amide bonds. The Bertz CT molecular complexity index is 616. The first kappa shape index (κ1) is 17.9. The molecule has 0 spiro atoms. The van der Waals surface area contributed by atoms with E-state index in [1.807, 2.05) is 0 Å². The first-order chi connectivity index (χ1) is 11.2. The minimum Gasteiger partial charge on any atom is -0.444 e. The number of imide groups is 1. The molecule has 7 heteroatoms. The molecule has 7 nitrogen and oxygen atoms in total. The second-order valence-corrected chi connectivity index (χ2v) is 6.62. The number of ether oxygens (including phenoxy) is 1. The van der Waals surface area contributed by atoms with Crippen LogP contribution in [-0.2, 0) is 9.57 Å². The fourth-order valence-corrected chi connectivity index (χ4v) is 2.19. The molecule has 130 valence electrons. The zero-order valence-electron chi connectivity index (χ0n) is 14.3. The van der Waals surface area contributed by atoms with Crippen LogP contribution in [-0.4, -0.2) is 41.2 Å². The summed E-state index contributed by atoms with van der Waals surface area (Å²) in [4.78, 5) is 41.2. The number of alkyl carbamates (subject to hydrolysis) is 1. The van der Waals surface area contributed by atoms with Gasteiger partial charge in [-0.05, 0) is 46.2 Å². The van der Waals surface area contributed by atoms with Crippen LogP contribution < -0.4 is 5.32 Å². The molecule has 0 unspecified atom stereocenters. The molecule has 1 N–H and O–H groups in total. The van der Waals surface area contributed by atoms with Crippen LogP contribution >= 0.6 is 0 Å². The van der Waals surface area contributed by atoms with Crippen LogP contribution in [0.25, 0.3) is 0 Å². The molecule has 1 heterocycles. The predicted molar refractivity (Wildman–Crippen MR) is 86.3 cm³/mol. The Labute approximate surface area is 140 Å². The van der Waals surface area contributed by atoms with Gasteiger partial charge in [-0.15, -0.1) is 5.06 Å². The van der Waals surface area contributed by atoms with Gasteiger partial charge in [0.05, 0.1) is 17.7 Å². The number of nitrogens with zero attached hydrogens (tertiary/aromatic N) is 1. The Morgan fingerprint density at radius 2 is 1.71 bits per heavy atom. The standard InChI is InChI=1S/C17H22N2O5/c1-11(18-16(22)24-17(2,3)4)9-10-23-19-14(20)12-7-5-6-8-13(12)15(19)21/h5-8,11H,9-10H2,1-4H3,(H,18,22)/t11-/m1/s1. The number of hydrogen-bond acceptors (Lipinski definition) is 5. The normalized spacial score (nSPS) is 15.2. The van der Waals surface area contributed by atoms with Crippen LogP contribution in [0.5, 0.6) is 0 Å². The van der Waals surface area contributed by atoms with Gasteiger partial charge in [-0.2, -0.15) is 0 Å². The third-order valence-corrected chi connectivity index (χ3v) is 3.29. The number of fused-ring (bicyclic) bond motifs is 1. The maximum atomic E-state index is 12.1. The van der Waals surface area contributed by atoms with E-state index in [-0.39, 0.29) is 12.6 Å². The van der Waals surface area contributed by atoms with E-state index >= 15 is 0 Å². The van der Waals surface area contributed by atoms with Crippen molar-refractivity contribution >= 4 is 17.9 Å². The van der Waals surface area contributed by atoms with Gasteiger partial charge in [0.25, 0.3) is 11.8 Å². The first-order valence-corrected chi connectivity index (χ1v) is 7.79. The fourth-order valence-electron chi connectivity index (χ4n) is 2.19. The number of hydrogen-bond donors (Lipinski definition) is 1. The van der Waals surface area contributed by atoms with Gasteiger partial charge in [-0.25, -0.2) is 4.79 Å². The summed E-state index contributed by atoms with van der Waals surface area (Å²) >= 11 is 0. The van der Waals surface area contributed by atoms with Crippen LogP contribution in [0, 0.1) is 0 Å². The average Bonchev–Trinajstić information content (AvgIpc) is 2.70. The van der Waals surface area contributed by atoms with Crippen LogP contribution in [0.15, 0.2) is 24.3 Å². The summed E-state index contributed by atoms with van der Waals surface area (Å²) in [5.74, 6) is -0.938. The molecule has 0 saturated heterocycles. The van der Waals surface area contributed by atoms with Crippen molar-refractivity contribution < 1.29 is 24.0 Å². The molecule has 1 aliphatic rings. The largest absolute Gasteiger partial charge is 0.444 e. The van der Waals surface area contributed by atoms with Crippen molar-refractivity contribution in [3.05, 3.63) is 35.4 Å². The minimum atomic E-state index is -0.569. The quantitative estimate of drug-likeness (QED) is 0.836. The molecule has 0 bridgehead atoms. The molecular formula is C17H22N2O5. The first-order valence-electron chi connectivity index (χ1n) is 7.79. The van der Waals surface area contributed by atoms with E-state index in [2.05, 4.69) is 5.32 Å². The van der Waals surface area contributed by atoms with Crippen LogP contribution in [0.3, 0.4) is 0 Å².